The van der Waals surface area contributed by atoms with Crippen LogP contribution < -0.4 is 0 Å². The molecule has 0 rings (SSSR count). The Hall–Kier alpha value is -0.913. The number of carboxylic acids is 1. The summed E-state index contributed by atoms with van der Waals surface area (Å²) in [5.74, 6) is -3.14. The molecule has 76 valence electrons. The second kappa shape index (κ2) is 3.45. The van der Waals surface area contributed by atoms with E-state index in [1.54, 1.807) is 19.6 Å². The number of carbonyl (C=O) groups is 2. The Balaban J connectivity index is 4.53. The molecule has 0 radical (unpaired) electrons. The second-order valence-electron chi connectivity index (χ2n) is 3.81. The maximum absolute atomic E-state index is 13.1. The van der Waals surface area contributed by atoms with Crippen LogP contribution in [0.25, 0.3) is 0 Å². The van der Waals surface area contributed by atoms with Crippen molar-refractivity contribution in [2.75, 3.05) is 0 Å². The summed E-state index contributed by atoms with van der Waals surface area (Å²) in [6.45, 7) is 5.69. The number of aliphatic carboxylic acids is 1. The first kappa shape index (κ1) is 12.1. The Bertz CT molecular complexity index is 231. The van der Waals surface area contributed by atoms with Crippen molar-refractivity contribution in [2.45, 2.75) is 32.2 Å². The third-order valence-electron chi connectivity index (χ3n) is 1.18. The average Bonchev–Trinajstić information content (AvgIpc) is 1.82. The summed E-state index contributed by atoms with van der Waals surface area (Å²) in [6, 6.07) is 0. The van der Waals surface area contributed by atoms with Gasteiger partial charge in [-0.3, -0.25) is 0 Å². The molecule has 0 aliphatic heterocycles. The quantitative estimate of drug-likeness (QED) is 0.558. The van der Waals surface area contributed by atoms with E-state index in [0.29, 0.717) is 6.92 Å². The van der Waals surface area contributed by atoms with Gasteiger partial charge in [-0.25, -0.2) is 14.0 Å². The van der Waals surface area contributed by atoms with E-state index in [1.807, 2.05) is 0 Å². The Kier molecular flexibility index (Phi) is 3.21. The van der Waals surface area contributed by atoms with E-state index < -0.39 is 25.9 Å². The molecule has 0 saturated carbocycles. The maximum Gasteiger partial charge on any atom is 0.353 e. The van der Waals surface area contributed by atoms with E-state index in [-0.39, 0.29) is 0 Å². The number of carboxylic acid groups (broad SMARTS) is 1. The maximum atomic E-state index is 13.1. The number of halogens is 1. The largest absolute Gasteiger partial charge is 0.517 e. The van der Waals surface area contributed by atoms with Gasteiger partial charge < -0.3 is 9.53 Å². The molecule has 6 heteroatoms. The fraction of sp³-hybridized carbons (Fsp3) is 0.714. The van der Waals surface area contributed by atoms with Crippen molar-refractivity contribution in [3.05, 3.63) is 0 Å². The van der Waals surface area contributed by atoms with Crippen molar-refractivity contribution in [1.82, 2.24) is 0 Å². The molecule has 4 nitrogen and oxygen atoms in total. The minimum Gasteiger partial charge on any atom is -0.517 e. The lowest BCUT2D eigenvalue weighted by Gasteiger charge is -2.21. The van der Waals surface area contributed by atoms with Gasteiger partial charge in [-0.05, 0) is 26.6 Å². The number of hydrogen-bond donors (Lipinski definition) is 1. The van der Waals surface area contributed by atoms with Gasteiger partial charge in [0, 0.05) is 0 Å². The highest BCUT2D eigenvalue weighted by molar-refractivity contribution is 6.71. The van der Waals surface area contributed by atoms with Gasteiger partial charge in [-0.2, -0.15) is 0 Å². The summed E-state index contributed by atoms with van der Waals surface area (Å²) in [6.07, 6.45) is 0. The van der Waals surface area contributed by atoms with Gasteiger partial charge in [-0.15, -0.1) is 0 Å². The Morgan fingerprint density at radius 1 is 1.38 bits per heavy atom. The molecule has 1 N–H and O–H groups in total. The minimum absolute atomic E-state index is 0.678. The summed E-state index contributed by atoms with van der Waals surface area (Å²) in [4.78, 5) is 21.3. The molecular weight excluding hydrogens is 195 g/mol. The van der Waals surface area contributed by atoms with Gasteiger partial charge in [0.1, 0.15) is 0 Å². The lowest BCUT2D eigenvalue weighted by Crippen LogP contribution is -2.45. The fourth-order valence-corrected chi connectivity index (χ4v) is 1.21. The van der Waals surface area contributed by atoms with Crippen molar-refractivity contribution in [1.29, 1.82) is 0 Å². The second-order valence-corrected chi connectivity index (χ2v) is 8.24. The summed E-state index contributed by atoms with van der Waals surface area (Å²) in [7, 11) is -2.23. The van der Waals surface area contributed by atoms with E-state index in [4.69, 9.17) is 9.53 Å². The molecule has 0 aromatic carbocycles. The lowest BCUT2D eigenvalue weighted by molar-refractivity contribution is -0.163. The molecule has 1 unspecified atom stereocenters. The standard InChI is InChI=1S/C7H13FO4Si/c1-7(8,5(9)10)6(11)12-13(2,3)4/h1-4H3,(H,9,10). The molecule has 0 amide bonds. The predicted molar refractivity (Wildman–Crippen MR) is 46.6 cm³/mol. The van der Waals surface area contributed by atoms with Crippen LogP contribution in [0.2, 0.25) is 19.6 Å². The summed E-state index contributed by atoms with van der Waals surface area (Å²) in [5, 5.41) is 8.35. The Morgan fingerprint density at radius 2 is 1.77 bits per heavy atom. The van der Waals surface area contributed by atoms with Crippen molar-refractivity contribution in [3.8, 4) is 0 Å². The van der Waals surface area contributed by atoms with Gasteiger partial charge in [-0.1, -0.05) is 0 Å². The van der Waals surface area contributed by atoms with Crippen molar-refractivity contribution < 1.29 is 23.5 Å². The molecule has 1 atom stereocenters. The highest BCUT2D eigenvalue weighted by Gasteiger charge is 2.45. The van der Waals surface area contributed by atoms with Crippen LogP contribution in [0.4, 0.5) is 4.39 Å². The van der Waals surface area contributed by atoms with Crippen molar-refractivity contribution in [2.24, 2.45) is 0 Å². The van der Waals surface area contributed by atoms with E-state index in [0.717, 1.165) is 0 Å². The van der Waals surface area contributed by atoms with Crippen LogP contribution in [0.3, 0.4) is 0 Å². The van der Waals surface area contributed by atoms with Crippen LogP contribution in [0.15, 0.2) is 0 Å². The zero-order chi connectivity index (χ0) is 10.9. The lowest BCUT2D eigenvalue weighted by atomic mass is 10.1. The topological polar surface area (TPSA) is 63.6 Å². The minimum atomic E-state index is -2.94. The first-order valence-corrected chi connectivity index (χ1v) is 7.14. The average molecular weight is 208 g/mol. The smallest absolute Gasteiger partial charge is 0.353 e. The van der Waals surface area contributed by atoms with Crippen LogP contribution in [0, 0.1) is 0 Å². The molecule has 0 bridgehead atoms. The highest BCUT2D eigenvalue weighted by Crippen LogP contribution is 2.16. The van der Waals surface area contributed by atoms with Gasteiger partial charge in [0.05, 0.1) is 0 Å². The van der Waals surface area contributed by atoms with Crippen molar-refractivity contribution >= 4 is 20.3 Å². The van der Waals surface area contributed by atoms with E-state index in [2.05, 4.69) is 0 Å². The fourth-order valence-electron chi connectivity index (χ4n) is 0.461. The number of hydrogen-bond acceptors (Lipinski definition) is 3. The van der Waals surface area contributed by atoms with Crippen molar-refractivity contribution in [3.63, 3.8) is 0 Å². The van der Waals surface area contributed by atoms with E-state index >= 15 is 0 Å². The molecule has 13 heavy (non-hydrogen) atoms. The molecule has 0 aliphatic rings. The van der Waals surface area contributed by atoms with Gasteiger partial charge in [0.2, 0.25) is 8.32 Å². The van der Waals surface area contributed by atoms with Crippen LogP contribution in [-0.4, -0.2) is 31.0 Å². The normalized spacial score (nSPS) is 16.1. The molecule has 0 heterocycles. The summed E-state index contributed by atoms with van der Waals surface area (Å²) < 4.78 is 17.8. The van der Waals surface area contributed by atoms with Gasteiger partial charge in [0.25, 0.3) is 5.67 Å². The SMILES string of the molecule is CC(F)(C(=O)O)C(=O)O[Si](C)(C)C. The number of alkyl halides is 1. The van der Waals surface area contributed by atoms with Crippen LogP contribution in [-0.2, 0) is 14.0 Å². The van der Waals surface area contributed by atoms with E-state index in [9.17, 15) is 14.0 Å². The monoisotopic (exact) mass is 208 g/mol. The molecule has 0 spiro atoms. The highest BCUT2D eigenvalue weighted by atomic mass is 28.4. The third kappa shape index (κ3) is 3.54. The molecule has 0 aromatic rings. The van der Waals surface area contributed by atoms with Crippen LogP contribution >= 0.6 is 0 Å². The Labute approximate surface area is 76.8 Å². The van der Waals surface area contributed by atoms with Crippen LogP contribution in [0.1, 0.15) is 6.92 Å². The molecule has 0 aromatic heterocycles. The third-order valence-corrected chi connectivity index (χ3v) is 1.98. The van der Waals surface area contributed by atoms with Gasteiger partial charge in [0.15, 0.2) is 0 Å². The molecule has 0 fully saturated rings. The molecular formula is C7H13FO4Si. The molecule has 0 saturated heterocycles. The first-order valence-electron chi connectivity index (χ1n) is 3.73. The summed E-state index contributed by atoms with van der Waals surface area (Å²) >= 11 is 0. The zero-order valence-corrected chi connectivity index (χ0v) is 9.05. The van der Waals surface area contributed by atoms with Gasteiger partial charge >= 0.3 is 11.9 Å². The Morgan fingerprint density at radius 3 is 2.00 bits per heavy atom. The van der Waals surface area contributed by atoms with E-state index in [1.165, 1.54) is 0 Å². The predicted octanol–water partition coefficient (Wildman–Crippen LogP) is 1.18. The zero-order valence-electron chi connectivity index (χ0n) is 8.05. The number of carbonyl (C=O) groups excluding carboxylic acids is 1. The van der Waals surface area contributed by atoms with Crippen LogP contribution in [0.5, 0.6) is 0 Å². The molecule has 0 aliphatic carbocycles. The first-order chi connectivity index (χ1) is 5.57. The summed E-state index contributed by atoms with van der Waals surface area (Å²) in [5.41, 5.74) is -2.94. The number of rotatable bonds is 3.